The van der Waals surface area contributed by atoms with E-state index < -0.39 is 0 Å². The normalized spacial score (nSPS) is 11.5. The Bertz CT molecular complexity index is 348. The molecular formula is C15H26N2. The minimum Gasteiger partial charge on any atom is -0.398 e. The summed E-state index contributed by atoms with van der Waals surface area (Å²) in [5.41, 5.74) is 9.03. The number of nitrogens with one attached hydrogen (secondary N) is 1. The highest BCUT2D eigenvalue weighted by molar-refractivity contribution is 5.58. The average molecular weight is 234 g/mol. The first-order valence-electron chi connectivity index (χ1n) is 6.51. The molecule has 0 amide bonds. The Morgan fingerprint density at radius 2 is 1.71 bits per heavy atom. The van der Waals surface area contributed by atoms with Crippen molar-refractivity contribution in [2.45, 2.75) is 34.6 Å². The van der Waals surface area contributed by atoms with Gasteiger partial charge in [0.25, 0.3) is 0 Å². The summed E-state index contributed by atoms with van der Waals surface area (Å²) in [4.78, 5) is 0. The highest BCUT2D eigenvalue weighted by Crippen LogP contribution is 2.22. The van der Waals surface area contributed by atoms with Gasteiger partial charge in [0, 0.05) is 17.9 Å². The lowest BCUT2D eigenvalue weighted by Gasteiger charge is -2.25. The van der Waals surface area contributed by atoms with Crippen LogP contribution in [-0.4, -0.2) is 6.54 Å². The lowest BCUT2D eigenvalue weighted by molar-refractivity contribution is 0.304. The van der Waals surface area contributed by atoms with Crippen molar-refractivity contribution >= 4 is 11.4 Å². The van der Waals surface area contributed by atoms with Crippen LogP contribution in [0.25, 0.3) is 0 Å². The molecule has 0 bridgehead atoms. The molecular weight excluding hydrogens is 208 g/mol. The zero-order valence-corrected chi connectivity index (χ0v) is 11.7. The minimum absolute atomic E-state index is 0.692. The molecule has 0 heterocycles. The molecule has 0 unspecified atom stereocenters. The van der Waals surface area contributed by atoms with E-state index in [1.54, 1.807) is 0 Å². The third-order valence-electron chi connectivity index (χ3n) is 3.53. The molecule has 2 heteroatoms. The number of nitrogens with two attached hydrogens (primary N) is 1. The van der Waals surface area contributed by atoms with Gasteiger partial charge in [0.1, 0.15) is 0 Å². The Kier molecular flexibility index (Phi) is 4.86. The maximum Gasteiger partial charge on any atom is 0.0364 e. The molecule has 1 aromatic carbocycles. The molecule has 0 saturated carbocycles. The van der Waals surface area contributed by atoms with Crippen LogP contribution in [0.4, 0.5) is 11.4 Å². The number of rotatable bonds is 5. The van der Waals surface area contributed by atoms with Crippen LogP contribution in [0, 0.1) is 24.7 Å². The summed E-state index contributed by atoms with van der Waals surface area (Å²) in [6, 6.07) is 6.19. The Labute approximate surface area is 106 Å². The highest BCUT2D eigenvalue weighted by atomic mass is 14.9. The highest BCUT2D eigenvalue weighted by Gasteiger charge is 2.16. The molecule has 1 rings (SSSR count). The number of anilines is 2. The van der Waals surface area contributed by atoms with Gasteiger partial charge in [-0.25, -0.2) is 0 Å². The Balaban J connectivity index is 2.62. The number of hydrogen-bond donors (Lipinski definition) is 2. The van der Waals surface area contributed by atoms with Gasteiger partial charge in [-0.2, -0.15) is 0 Å². The fourth-order valence-corrected chi connectivity index (χ4v) is 2.23. The van der Waals surface area contributed by atoms with E-state index in [9.17, 15) is 0 Å². The molecule has 2 nitrogen and oxygen atoms in total. The standard InChI is InChI=1S/C15H26N2/c1-10(2)14(11(3)4)9-17-13-7-6-12(5)15(16)8-13/h6-8,10-11,14,17H,9,16H2,1-5H3. The first-order valence-corrected chi connectivity index (χ1v) is 6.51. The van der Waals surface area contributed by atoms with Crippen molar-refractivity contribution in [3.8, 4) is 0 Å². The second-order valence-electron chi connectivity index (χ2n) is 5.60. The van der Waals surface area contributed by atoms with Crippen LogP contribution in [0.3, 0.4) is 0 Å². The van der Waals surface area contributed by atoms with E-state index in [2.05, 4.69) is 45.1 Å². The van der Waals surface area contributed by atoms with E-state index in [1.807, 2.05) is 13.0 Å². The maximum atomic E-state index is 5.91. The molecule has 17 heavy (non-hydrogen) atoms. The molecule has 96 valence electrons. The van der Waals surface area contributed by atoms with Crippen molar-refractivity contribution in [2.24, 2.45) is 17.8 Å². The van der Waals surface area contributed by atoms with Crippen LogP contribution in [0.15, 0.2) is 18.2 Å². The Morgan fingerprint density at radius 3 is 2.18 bits per heavy atom. The summed E-state index contributed by atoms with van der Waals surface area (Å²) in [5, 5.41) is 3.50. The molecule has 0 aliphatic carbocycles. The van der Waals surface area contributed by atoms with Crippen molar-refractivity contribution in [3.63, 3.8) is 0 Å². The summed E-state index contributed by atoms with van der Waals surface area (Å²) >= 11 is 0. The first kappa shape index (κ1) is 13.9. The lowest BCUT2D eigenvalue weighted by atomic mass is 9.85. The van der Waals surface area contributed by atoms with Gasteiger partial charge in [-0.15, -0.1) is 0 Å². The number of hydrogen-bond acceptors (Lipinski definition) is 2. The van der Waals surface area contributed by atoms with Crippen LogP contribution >= 0.6 is 0 Å². The lowest BCUT2D eigenvalue weighted by Crippen LogP contribution is -2.24. The van der Waals surface area contributed by atoms with Crippen LogP contribution < -0.4 is 11.1 Å². The van der Waals surface area contributed by atoms with Crippen molar-refractivity contribution < 1.29 is 0 Å². The Morgan fingerprint density at radius 1 is 1.12 bits per heavy atom. The van der Waals surface area contributed by atoms with Crippen LogP contribution in [0.2, 0.25) is 0 Å². The van der Waals surface area contributed by atoms with E-state index in [0.717, 1.165) is 23.5 Å². The topological polar surface area (TPSA) is 38.0 Å². The molecule has 0 radical (unpaired) electrons. The van der Waals surface area contributed by atoms with Gasteiger partial charge in [0.15, 0.2) is 0 Å². The second kappa shape index (κ2) is 5.95. The molecule has 0 aliphatic heterocycles. The summed E-state index contributed by atoms with van der Waals surface area (Å²) in [7, 11) is 0. The van der Waals surface area contributed by atoms with E-state index in [1.165, 1.54) is 0 Å². The molecule has 1 aromatic rings. The van der Waals surface area contributed by atoms with Crippen molar-refractivity contribution in [2.75, 3.05) is 17.6 Å². The number of nitrogen functional groups attached to an aromatic ring is 1. The zero-order valence-electron chi connectivity index (χ0n) is 11.7. The second-order valence-corrected chi connectivity index (χ2v) is 5.60. The van der Waals surface area contributed by atoms with Gasteiger partial charge in [0.05, 0.1) is 0 Å². The molecule has 0 saturated heterocycles. The van der Waals surface area contributed by atoms with Gasteiger partial charge >= 0.3 is 0 Å². The summed E-state index contributed by atoms with van der Waals surface area (Å²) in [6.45, 7) is 12.2. The van der Waals surface area contributed by atoms with E-state index >= 15 is 0 Å². The fraction of sp³-hybridized carbons (Fsp3) is 0.600. The fourth-order valence-electron chi connectivity index (χ4n) is 2.23. The van der Waals surface area contributed by atoms with Gasteiger partial charge in [-0.1, -0.05) is 33.8 Å². The molecule has 0 aliphatic rings. The van der Waals surface area contributed by atoms with Crippen LogP contribution in [0.5, 0.6) is 0 Å². The first-order chi connectivity index (χ1) is 7.91. The number of benzene rings is 1. The Hall–Kier alpha value is -1.18. The summed E-state index contributed by atoms with van der Waals surface area (Å²) < 4.78 is 0. The summed E-state index contributed by atoms with van der Waals surface area (Å²) in [5.74, 6) is 2.09. The van der Waals surface area contributed by atoms with Crippen LogP contribution in [-0.2, 0) is 0 Å². The predicted octanol–water partition coefficient (Wildman–Crippen LogP) is 3.92. The van der Waals surface area contributed by atoms with E-state index in [0.29, 0.717) is 17.8 Å². The zero-order chi connectivity index (χ0) is 13.0. The van der Waals surface area contributed by atoms with Crippen molar-refractivity contribution in [1.82, 2.24) is 0 Å². The summed E-state index contributed by atoms with van der Waals surface area (Å²) in [6.07, 6.45) is 0. The molecule has 3 N–H and O–H groups in total. The van der Waals surface area contributed by atoms with E-state index in [4.69, 9.17) is 5.73 Å². The smallest absolute Gasteiger partial charge is 0.0364 e. The molecule has 0 fully saturated rings. The quantitative estimate of drug-likeness (QED) is 0.758. The predicted molar refractivity (Wildman–Crippen MR) is 77.2 cm³/mol. The minimum atomic E-state index is 0.692. The monoisotopic (exact) mass is 234 g/mol. The van der Waals surface area contributed by atoms with Crippen molar-refractivity contribution in [3.05, 3.63) is 23.8 Å². The van der Waals surface area contributed by atoms with Gasteiger partial charge < -0.3 is 11.1 Å². The molecule has 0 spiro atoms. The van der Waals surface area contributed by atoms with E-state index in [-0.39, 0.29) is 0 Å². The molecule has 0 atom stereocenters. The molecule has 0 aromatic heterocycles. The van der Waals surface area contributed by atoms with Crippen molar-refractivity contribution in [1.29, 1.82) is 0 Å². The maximum absolute atomic E-state index is 5.91. The van der Waals surface area contributed by atoms with Crippen LogP contribution in [0.1, 0.15) is 33.3 Å². The van der Waals surface area contributed by atoms with Gasteiger partial charge in [0.2, 0.25) is 0 Å². The van der Waals surface area contributed by atoms with Gasteiger partial charge in [-0.3, -0.25) is 0 Å². The van der Waals surface area contributed by atoms with Gasteiger partial charge in [-0.05, 0) is 42.4 Å². The SMILES string of the molecule is Cc1ccc(NCC(C(C)C)C(C)C)cc1N. The number of aryl methyl sites for hydroxylation is 1. The average Bonchev–Trinajstić information content (AvgIpc) is 2.22. The largest absolute Gasteiger partial charge is 0.398 e. The third kappa shape index (κ3) is 3.95. The third-order valence-corrected chi connectivity index (χ3v) is 3.53.